The number of carbonyl (C=O) groups is 1. The predicted octanol–water partition coefficient (Wildman–Crippen LogP) is 1.95. The predicted molar refractivity (Wildman–Crippen MR) is 92.2 cm³/mol. The summed E-state index contributed by atoms with van der Waals surface area (Å²) in [6.45, 7) is 2.04. The molecular formula is C18H20N4O3. The number of ether oxygens (including phenoxy) is 2. The van der Waals surface area contributed by atoms with Crippen LogP contribution in [-0.2, 0) is 0 Å². The molecule has 1 unspecified atom stereocenters. The van der Waals surface area contributed by atoms with Gasteiger partial charge in [0.05, 0.1) is 6.04 Å². The third-order valence-corrected chi connectivity index (χ3v) is 4.61. The van der Waals surface area contributed by atoms with Crippen LogP contribution in [0.3, 0.4) is 0 Å². The number of fused-ring (bicyclic) bond motifs is 1. The van der Waals surface area contributed by atoms with Gasteiger partial charge < -0.3 is 19.7 Å². The maximum atomic E-state index is 11.6. The van der Waals surface area contributed by atoms with Crippen molar-refractivity contribution in [3.05, 3.63) is 41.6 Å². The van der Waals surface area contributed by atoms with Gasteiger partial charge in [-0.2, -0.15) is 0 Å². The van der Waals surface area contributed by atoms with Crippen molar-refractivity contribution < 1.29 is 14.3 Å². The second kappa shape index (κ2) is 6.58. The van der Waals surface area contributed by atoms with Crippen LogP contribution in [0.25, 0.3) is 0 Å². The van der Waals surface area contributed by atoms with Crippen LogP contribution < -0.4 is 19.7 Å². The highest BCUT2D eigenvalue weighted by Crippen LogP contribution is 2.43. The van der Waals surface area contributed by atoms with Crippen LogP contribution in [0.5, 0.6) is 11.5 Å². The van der Waals surface area contributed by atoms with Crippen molar-refractivity contribution in [1.82, 2.24) is 15.5 Å². The lowest BCUT2D eigenvalue weighted by molar-refractivity contribution is 0.0957. The molecule has 7 heteroatoms. The number of anilines is 1. The Morgan fingerprint density at radius 3 is 2.88 bits per heavy atom. The molecule has 2 aliphatic rings. The summed E-state index contributed by atoms with van der Waals surface area (Å²) in [5.74, 6) is 2.17. The van der Waals surface area contributed by atoms with Crippen molar-refractivity contribution in [2.75, 3.05) is 31.7 Å². The van der Waals surface area contributed by atoms with E-state index in [-0.39, 0.29) is 11.9 Å². The number of hydrogen-bond donors (Lipinski definition) is 1. The molecule has 4 rings (SSSR count). The highest BCUT2D eigenvalue weighted by molar-refractivity contribution is 5.91. The molecule has 130 valence electrons. The van der Waals surface area contributed by atoms with E-state index in [9.17, 15) is 4.79 Å². The Balaban J connectivity index is 1.64. The van der Waals surface area contributed by atoms with Crippen LogP contribution in [0.2, 0.25) is 0 Å². The number of aromatic nitrogens is 2. The highest BCUT2D eigenvalue weighted by atomic mass is 16.6. The van der Waals surface area contributed by atoms with E-state index in [1.165, 1.54) is 0 Å². The number of hydrogen-bond acceptors (Lipinski definition) is 6. The zero-order chi connectivity index (χ0) is 17.2. The van der Waals surface area contributed by atoms with E-state index in [0.717, 1.165) is 42.3 Å². The third kappa shape index (κ3) is 2.86. The topological polar surface area (TPSA) is 76.6 Å². The number of rotatable bonds is 3. The minimum absolute atomic E-state index is 0.164. The van der Waals surface area contributed by atoms with Crippen molar-refractivity contribution in [2.45, 2.75) is 18.9 Å². The van der Waals surface area contributed by atoms with Crippen molar-refractivity contribution in [1.29, 1.82) is 0 Å². The first-order valence-electron chi connectivity index (χ1n) is 8.49. The van der Waals surface area contributed by atoms with Crippen LogP contribution in [-0.4, -0.2) is 42.9 Å². The quantitative estimate of drug-likeness (QED) is 0.920. The summed E-state index contributed by atoms with van der Waals surface area (Å²) in [6.07, 6.45) is 2.08. The van der Waals surface area contributed by atoms with Gasteiger partial charge in [0.15, 0.2) is 23.0 Å². The minimum Gasteiger partial charge on any atom is -0.486 e. The lowest BCUT2D eigenvalue weighted by Crippen LogP contribution is -2.26. The number of amides is 1. The number of carbonyl (C=O) groups excluding carboxylic acids is 1. The highest BCUT2D eigenvalue weighted by Gasteiger charge is 2.31. The fourth-order valence-electron chi connectivity index (χ4n) is 3.45. The molecule has 1 aromatic heterocycles. The molecule has 1 fully saturated rings. The zero-order valence-electron chi connectivity index (χ0n) is 14.1. The van der Waals surface area contributed by atoms with Gasteiger partial charge in [0, 0.05) is 19.2 Å². The molecular weight excluding hydrogens is 320 g/mol. The first kappa shape index (κ1) is 15.7. The van der Waals surface area contributed by atoms with E-state index in [1.54, 1.807) is 13.1 Å². The monoisotopic (exact) mass is 340 g/mol. The first-order valence-corrected chi connectivity index (χ1v) is 8.49. The molecule has 2 aliphatic heterocycles. The molecule has 1 aromatic carbocycles. The molecule has 0 bridgehead atoms. The van der Waals surface area contributed by atoms with Crippen molar-refractivity contribution in [3.8, 4) is 11.5 Å². The van der Waals surface area contributed by atoms with E-state index in [4.69, 9.17) is 9.47 Å². The van der Waals surface area contributed by atoms with Crippen LogP contribution >= 0.6 is 0 Å². The van der Waals surface area contributed by atoms with Gasteiger partial charge in [-0.05, 0) is 31.0 Å². The van der Waals surface area contributed by atoms with Gasteiger partial charge in [0.1, 0.15) is 13.2 Å². The summed E-state index contributed by atoms with van der Waals surface area (Å²) in [7, 11) is 1.58. The van der Waals surface area contributed by atoms with Gasteiger partial charge in [-0.15, -0.1) is 10.2 Å². The minimum atomic E-state index is -0.236. The van der Waals surface area contributed by atoms with Crippen molar-refractivity contribution in [3.63, 3.8) is 0 Å². The van der Waals surface area contributed by atoms with Gasteiger partial charge in [0.2, 0.25) is 0 Å². The Bertz CT molecular complexity index is 778. The Hall–Kier alpha value is -2.83. The van der Waals surface area contributed by atoms with Crippen molar-refractivity contribution >= 4 is 11.7 Å². The standard InChI is InChI=1S/C18H20N4O3/c1-19-18(23)13-7-8-16(21-20-13)22-9-3-5-14(22)12-4-2-6-15-17(12)25-11-10-24-15/h2,4,6-8,14H,3,5,9-11H2,1H3,(H,19,23). The van der Waals surface area contributed by atoms with Crippen LogP contribution in [0.4, 0.5) is 5.82 Å². The Kier molecular flexibility index (Phi) is 4.13. The second-order valence-electron chi connectivity index (χ2n) is 6.08. The molecule has 1 saturated heterocycles. The second-order valence-corrected chi connectivity index (χ2v) is 6.08. The molecule has 0 aliphatic carbocycles. The summed E-state index contributed by atoms with van der Waals surface area (Å²) in [5, 5.41) is 10.9. The maximum absolute atomic E-state index is 11.6. The fourth-order valence-corrected chi connectivity index (χ4v) is 3.45. The molecule has 3 heterocycles. The van der Waals surface area contributed by atoms with E-state index >= 15 is 0 Å². The Morgan fingerprint density at radius 2 is 2.08 bits per heavy atom. The number of para-hydroxylation sites is 1. The summed E-state index contributed by atoms with van der Waals surface area (Å²) in [4.78, 5) is 13.9. The summed E-state index contributed by atoms with van der Waals surface area (Å²) in [6, 6.07) is 9.74. The molecule has 0 spiro atoms. The normalized spacial score (nSPS) is 18.9. The number of nitrogens with one attached hydrogen (secondary N) is 1. The molecule has 0 saturated carbocycles. The molecule has 25 heavy (non-hydrogen) atoms. The number of nitrogens with zero attached hydrogens (tertiary/aromatic N) is 3. The van der Waals surface area contributed by atoms with E-state index < -0.39 is 0 Å². The van der Waals surface area contributed by atoms with Gasteiger partial charge >= 0.3 is 0 Å². The van der Waals surface area contributed by atoms with E-state index in [1.807, 2.05) is 18.2 Å². The maximum Gasteiger partial charge on any atom is 0.271 e. The molecule has 1 atom stereocenters. The lowest BCUT2D eigenvalue weighted by atomic mass is 10.0. The Labute approximate surface area is 146 Å². The fraction of sp³-hybridized carbons (Fsp3) is 0.389. The number of benzene rings is 1. The molecule has 2 aromatic rings. The average Bonchev–Trinajstić information content (AvgIpc) is 3.16. The van der Waals surface area contributed by atoms with Gasteiger partial charge in [-0.25, -0.2) is 0 Å². The average molecular weight is 340 g/mol. The molecule has 1 N–H and O–H groups in total. The summed E-state index contributed by atoms with van der Waals surface area (Å²) >= 11 is 0. The Morgan fingerprint density at radius 1 is 1.20 bits per heavy atom. The van der Waals surface area contributed by atoms with Gasteiger partial charge in [-0.3, -0.25) is 4.79 Å². The van der Waals surface area contributed by atoms with E-state index in [2.05, 4.69) is 26.5 Å². The molecule has 0 radical (unpaired) electrons. The van der Waals surface area contributed by atoms with Gasteiger partial charge in [-0.1, -0.05) is 12.1 Å². The van der Waals surface area contributed by atoms with E-state index in [0.29, 0.717) is 18.9 Å². The van der Waals surface area contributed by atoms with Crippen LogP contribution in [0.1, 0.15) is 34.9 Å². The SMILES string of the molecule is CNC(=O)c1ccc(N2CCCC2c2cccc3c2OCCO3)nn1. The zero-order valence-corrected chi connectivity index (χ0v) is 14.1. The molecule has 7 nitrogen and oxygen atoms in total. The lowest BCUT2D eigenvalue weighted by Gasteiger charge is -2.29. The summed E-state index contributed by atoms with van der Waals surface area (Å²) < 4.78 is 11.6. The van der Waals surface area contributed by atoms with Gasteiger partial charge in [0.25, 0.3) is 5.91 Å². The smallest absolute Gasteiger partial charge is 0.271 e. The van der Waals surface area contributed by atoms with Crippen LogP contribution in [0, 0.1) is 0 Å². The van der Waals surface area contributed by atoms with Crippen molar-refractivity contribution in [2.24, 2.45) is 0 Å². The summed E-state index contributed by atoms with van der Waals surface area (Å²) in [5.41, 5.74) is 1.43. The molecule has 1 amide bonds. The third-order valence-electron chi connectivity index (χ3n) is 4.61. The van der Waals surface area contributed by atoms with Crippen LogP contribution in [0.15, 0.2) is 30.3 Å². The largest absolute Gasteiger partial charge is 0.486 e. The first-order chi connectivity index (χ1) is 12.3.